The summed E-state index contributed by atoms with van der Waals surface area (Å²) in [5, 5.41) is 13.2. The quantitative estimate of drug-likeness (QED) is 0.938. The predicted octanol–water partition coefficient (Wildman–Crippen LogP) is 3.04. The Kier molecular flexibility index (Phi) is 3.90. The van der Waals surface area contributed by atoms with E-state index in [2.05, 4.69) is 21.0 Å². The molecule has 100 valence electrons. The van der Waals surface area contributed by atoms with Crippen molar-refractivity contribution in [1.29, 1.82) is 0 Å². The SMILES string of the molecule is CCn1nc(C(=O)O)c(Br)c1-c1cccc(OC)c1. The third kappa shape index (κ3) is 2.49. The van der Waals surface area contributed by atoms with Gasteiger partial charge in [0, 0.05) is 12.1 Å². The average molecular weight is 325 g/mol. The number of carbonyl (C=O) groups is 1. The molecule has 0 fully saturated rings. The lowest BCUT2D eigenvalue weighted by atomic mass is 10.1. The maximum absolute atomic E-state index is 11.1. The van der Waals surface area contributed by atoms with Crippen molar-refractivity contribution in [2.24, 2.45) is 0 Å². The van der Waals surface area contributed by atoms with E-state index in [9.17, 15) is 4.79 Å². The molecule has 1 aromatic carbocycles. The van der Waals surface area contributed by atoms with E-state index in [1.807, 2.05) is 31.2 Å². The number of hydrogen-bond acceptors (Lipinski definition) is 3. The van der Waals surface area contributed by atoms with Crippen LogP contribution < -0.4 is 4.74 Å². The summed E-state index contributed by atoms with van der Waals surface area (Å²) < 4.78 is 7.32. The van der Waals surface area contributed by atoms with Crippen LogP contribution in [0.15, 0.2) is 28.7 Å². The zero-order valence-corrected chi connectivity index (χ0v) is 12.1. The molecule has 0 aliphatic heterocycles. The lowest BCUT2D eigenvalue weighted by Crippen LogP contribution is -2.02. The highest BCUT2D eigenvalue weighted by atomic mass is 79.9. The fourth-order valence-corrected chi connectivity index (χ4v) is 2.53. The first-order valence-corrected chi connectivity index (χ1v) is 6.51. The number of aromatic carboxylic acids is 1. The molecule has 0 spiro atoms. The van der Waals surface area contributed by atoms with Gasteiger partial charge in [0.2, 0.25) is 0 Å². The van der Waals surface area contributed by atoms with Crippen LogP contribution in [0.1, 0.15) is 17.4 Å². The smallest absolute Gasteiger partial charge is 0.357 e. The number of benzene rings is 1. The molecule has 0 atom stereocenters. The van der Waals surface area contributed by atoms with Crippen LogP contribution in [0.5, 0.6) is 5.75 Å². The van der Waals surface area contributed by atoms with Crippen LogP contribution in [0.25, 0.3) is 11.3 Å². The van der Waals surface area contributed by atoms with E-state index in [0.717, 1.165) is 11.3 Å². The summed E-state index contributed by atoms with van der Waals surface area (Å²) in [6.45, 7) is 2.49. The summed E-state index contributed by atoms with van der Waals surface area (Å²) in [5.74, 6) is -0.339. The molecule has 2 aromatic rings. The summed E-state index contributed by atoms with van der Waals surface area (Å²) in [4.78, 5) is 11.1. The van der Waals surface area contributed by atoms with Crippen LogP contribution in [-0.2, 0) is 6.54 Å². The molecule has 0 radical (unpaired) electrons. The van der Waals surface area contributed by atoms with E-state index in [0.29, 0.717) is 16.8 Å². The van der Waals surface area contributed by atoms with Crippen molar-refractivity contribution in [1.82, 2.24) is 9.78 Å². The standard InChI is InChI=1S/C13H13BrN2O3/c1-3-16-12(10(14)11(15-16)13(17)18)8-5-4-6-9(7-8)19-2/h4-7H,3H2,1-2H3,(H,17,18). The predicted molar refractivity (Wildman–Crippen MR) is 74.5 cm³/mol. The molecule has 2 rings (SSSR count). The van der Waals surface area contributed by atoms with Gasteiger partial charge in [-0.05, 0) is 35.0 Å². The number of halogens is 1. The van der Waals surface area contributed by atoms with Gasteiger partial charge in [-0.1, -0.05) is 12.1 Å². The summed E-state index contributed by atoms with van der Waals surface area (Å²) in [6.07, 6.45) is 0. The average Bonchev–Trinajstić information content (AvgIpc) is 2.76. The Balaban J connectivity index is 2.63. The van der Waals surface area contributed by atoms with Crippen molar-refractivity contribution in [3.8, 4) is 17.0 Å². The zero-order valence-electron chi connectivity index (χ0n) is 10.6. The summed E-state index contributed by atoms with van der Waals surface area (Å²) in [6, 6.07) is 7.43. The van der Waals surface area contributed by atoms with E-state index in [1.165, 1.54) is 0 Å². The number of carboxylic acid groups (broad SMARTS) is 1. The molecule has 0 aliphatic carbocycles. The number of rotatable bonds is 4. The molecule has 0 unspecified atom stereocenters. The van der Waals surface area contributed by atoms with Gasteiger partial charge in [0.25, 0.3) is 0 Å². The number of hydrogen-bond donors (Lipinski definition) is 1. The second-order valence-corrected chi connectivity index (χ2v) is 4.66. The minimum Gasteiger partial charge on any atom is -0.497 e. The van der Waals surface area contributed by atoms with Crippen LogP contribution in [-0.4, -0.2) is 28.0 Å². The minimum absolute atomic E-state index is 0.0136. The molecule has 1 heterocycles. The normalized spacial score (nSPS) is 10.5. The Bertz CT molecular complexity index is 622. The Hall–Kier alpha value is -1.82. The Morgan fingerprint density at radius 1 is 1.53 bits per heavy atom. The largest absolute Gasteiger partial charge is 0.497 e. The third-order valence-electron chi connectivity index (χ3n) is 2.74. The van der Waals surface area contributed by atoms with Gasteiger partial charge in [0.1, 0.15) is 5.75 Å². The van der Waals surface area contributed by atoms with Crippen molar-refractivity contribution in [3.05, 3.63) is 34.4 Å². The molecule has 0 saturated carbocycles. The van der Waals surface area contributed by atoms with Crippen molar-refractivity contribution in [2.75, 3.05) is 7.11 Å². The molecule has 19 heavy (non-hydrogen) atoms. The number of carboxylic acids is 1. The van der Waals surface area contributed by atoms with Crippen LogP contribution in [0.2, 0.25) is 0 Å². The lowest BCUT2D eigenvalue weighted by Gasteiger charge is -2.07. The van der Waals surface area contributed by atoms with Crippen molar-refractivity contribution >= 4 is 21.9 Å². The summed E-state index contributed by atoms with van der Waals surface area (Å²) in [5.41, 5.74) is 1.60. The highest BCUT2D eigenvalue weighted by Crippen LogP contribution is 2.33. The highest BCUT2D eigenvalue weighted by molar-refractivity contribution is 9.10. The van der Waals surface area contributed by atoms with Gasteiger partial charge >= 0.3 is 5.97 Å². The molecule has 0 bridgehead atoms. The van der Waals surface area contributed by atoms with Gasteiger partial charge in [-0.15, -0.1) is 0 Å². The zero-order chi connectivity index (χ0) is 14.0. The Morgan fingerprint density at radius 3 is 2.84 bits per heavy atom. The van der Waals surface area contributed by atoms with Crippen molar-refractivity contribution in [3.63, 3.8) is 0 Å². The van der Waals surface area contributed by atoms with Gasteiger partial charge < -0.3 is 9.84 Å². The number of methoxy groups -OCH3 is 1. The molecular formula is C13H13BrN2O3. The lowest BCUT2D eigenvalue weighted by molar-refractivity contribution is 0.0688. The van der Waals surface area contributed by atoms with Crippen LogP contribution >= 0.6 is 15.9 Å². The molecule has 0 saturated heterocycles. The number of aryl methyl sites for hydroxylation is 1. The molecule has 1 aromatic heterocycles. The number of nitrogens with zero attached hydrogens (tertiary/aromatic N) is 2. The van der Waals surface area contributed by atoms with Gasteiger partial charge in [0.05, 0.1) is 17.3 Å². The van der Waals surface area contributed by atoms with E-state index in [-0.39, 0.29) is 5.69 Å². The first-order chi connectivity index (χ1) is 9.08. The van der Waals surface area contributed by atoms with E-state index in [1.54, 1.807) is 11.8 Å². The van der Waals surface area contributed by atoms with E-state index >= 15 is 0 Å². The van der Waals surface area contributed by atoms with E-state index < -0.39 is 5.97 Å². The van der Waals surface area contributed by atoms with Gasteiger partial charge in [-0.25, -0.2) is 4.79 Å². The summed E-state index contributed by atoms with van der Waals surface area (Å²) in [7, 11) is 1.59. The van der Waals surface area contributed by atoms with Crippen LogP contribution in [0.3, 0.4) is 0 Å². The molecule has 1 N–H and O–H groups in total. The molecular weight excluding hydrogens is 312 g/mol. The Labute approximate surface area is 118 Å². The van der Waals surface area contributed by atoms with Gasteiger partial charge in [0.15, 0.2) is 5.69 Å². The summed E-state index contributed by atoms with van der Waals surface area (Å²) >= 11 is 3.32. The second-order valence-electron chi connectivity index (χ2n) is 3.86. The minimum atomic E-state index is -1.05. The number of aromatic nitrogens is 2. The fourth-order valence-electron chi connectivity index (χ4n) is 1.85. The second kappa shape index (κ2) is 5.44. The van der Waals surface area contributed by atoms with Gasteiger partial charge in [-0.2, -0.15) is 5.10 Å². The maximum atomic E-state index is 11.1. The number of ether oxygens (including phenoxy) is 1. The molecule has 6 heteroatoms. The molecule has 5 nitrogen and oxygen atoms in total. The first kappa shape index (κ1) is 13.6. The maximum Gasteiger partial charge on any atom is 0.357 e. The Morgan fingerprint density at radius 2 is 2.26 bits per heavy atom. The fraction of sp³-hybridized carbons (Fsp3) is 0.231. The highest BCUT2D eigenvalue weighted by Gasteiger charge is 2.21. The molecule has 0 amide bonds. The van der Waals surface area contributed by atoms with Gasteiger partial charge in [-0.3, -0.25) is 4.68 Å². The van der Waals surface area contributed by atoms with Crippen molar-refractivity contribution < 1.29 is 14.6 Å². The van der Waals surface area contributed by atoms with Crippen LogP contribution in [0, 0.1) is 0 Å². The topological polar surface area (TPSA) is 64.4 Å². The van der Waals surface area contributed by atoms with Crippen molar-refractivity contribution in [2.45, 2.75) is 13.5 Å². The molecule has 0 aliphatic rings. The van der Waals surface area contributed by atoms with Crippen LogP contribution in [0.4, 0.5) is 0 Å². The third-order valence-corrected chi connectivity index (χ3v) is 3.49. The monoisotopic (exact) mass is 324 g/mol. The van der Waals surface area contributed by atoms with E-state index in [4.69, 9.17) is 9.84 Å². The first-order valence-electron chi connectivity index (χ1n) is 5.72.